The Labute approximate surface area is 118 Å². The van der Waals surface area contributed by atoms with Crippen LogP contribution in [0.4, 0.5) is 0 Å². The first-order valence-corrected chi connectivity index (χ1v) is 7.16. The largest absolute Gasteiger partial charge is 0.507 e. The van der Waals surface area contributed by atoms with Crippen LogP contribution in [0.5, 0.6) is 11.5 Å². The van der Waals surface area contributed by atoms with Gasteiger partial charge in [0.25, 0.3) is 0 Å². The molecular weight excluding hydrogens is 248 g/mol. The molecule has 3 rings (SSSR count). The maximum atomic E-state index is 10.5. The summed E-state index contributed by atoms with van der Waals surface area (Å²) in [6.45, 7) is 8.24. The number of phenolic OH excluding ortho intramolecular Hbond substituents is 2. The summed E-state index contributed by atoms with van der Waals surface area (Å²) in [4.78, 5) is 0. The first kappa shape index (κ1) is 13.0. The van der Waals surface area contributed by atoms with E-state index in [-0.39, 0.29) is 11.8 Å². The van der Waals surface area contributed by atoms with Crippen LogP contribution in [0.25, 0.3) is 0 Å². The topological polar surface area (TPSA) is 40.5 Å². The number of aromatic hydroxyl groups is 2. The van der Waals surface area contributed by atoms with E-state index >= 15 is 0 Å². The van der Waals surface area contributed by atoms with Gasteiger partial charge >= 0.3 is 0 Å². The summed E-state index contributed by atoms with van der Waals surface area (Å²) in [6.07, 6.45) is 0. The van der Waals surface area contributed by atoms with Crippen LogP contribution in [0.2, 0.25) is 0 Å². The summed E-state index contributed by atoms with van der Waals surface area (Å²) < 4.78 is 0. The Hall–Kier alpha value is -1.96. The van der Waals surface area contributed by atoms with Crippen LogP contribution in [0, 0.1) is 20.9 Å². The van der Waals surface area contributed by atoms with Crippen LogP contribution in [-0.4, -0.2) is 10.2 Å². The molecule has 2 N–H and O–H groups in total. The fourth-order valence-electron chi connectivity index (χ4n) is 3.04. The molecule has 0 fully saturated rings. The number of rotatable bonds is 2. The van der Waals surface area contributed by atoms with Gasteiger partial charge in [-0.1, -0.05) is 52.0 Å². The number of fused-ring (bicyclic) bond motifs is 2. The zero-order valence-corrected chi connectivity index (χ0v) is 12.4. The highest BCUT2D eigenvalue weighted by Crippen LogP contribution is 2.35. The fraction of sp³-hybridized carbons (Fsp3) is 0.333. The highest BCUT2D eigenvalue weighted by molar-refractivity contribution is 5.49. The third-order valence-corrected chi connectivity index (χ3v) is 4.20. The SMILES string of the molecule is CC(C)c1ccc2c(c1O)=c1c(O)c(C(C)C)ccc1=2. The molecule has 0 saturated carbocycles. The number of hydrogen-bond donors (Lipinski definition) is 2. The van der Waals surface area contributed by atoms with Gasteiger partial charge in [-0.25, -0.2) is 0 Å². The van der Waals surface area contributed by atoms with Crippen molar-refractivity contribution < 1.29 is 10.2 Å². The lowest BCUT2D eigenvalue weighted by Crippen LogP contribution is -1.99. The van der Waals surface area contributed by atoms with Gasteiger partial charge in [0.15, 0.2) is 0 Å². The normalized spacial score (nSPS) is 12.3. The van der Waals surface area contributed by atoms with Crippen LogP contribution >= 0.6 is 0 Å². The minimum Gasteiger partial charge on any atom is -0.507 e. The summed E-state index contributed by atoms with van der Waals surface area (Å²) in [5, 5.41) is 24.7. The second kappa shape index (κ2) is 4.27. The first-order chi connectivity index (χ1) is 9.43. The summed E-state index contributed by atoms with van der Waals surface area (Å²) in [5.41, 5.74) is 1.87. The predicted molar refractivity (Wildman–Crippen MR) is 79.7 cm³/mol. The van der Waals surface area contributed by atoms with Gasteiger partial charge in [-0.05, 0) is 33.4 Å². The lowest BCUT2D eigenvalue weighted by molar-refractivity contribution is 0.448. The van der Waals surface area contributed by atoms with E-state index in [2.05, 4.69) is 27.7 Å². The predicted octanol–water partition coefficient (Wildman–Crippen LogP) is 4.23. The van der Waals surface area contributed by atoms with Crippen LogP contribution in [-0.2, 0) is 0 Å². The Kier molecular flexibility index (Phi) is 2.79. The van der Waals surface area contributed by atoms with Gasteiger partial charge in [0.05, 0.1) is 0 Å². The molecule has 1 aliphatic rings. The van der Waals surface area contributed by atoms with Crippen LogP contribution < -0.4 is 0 Å². The molecule has 2 aromatic rings. The molecule has 0 amide bonds. The molecule has 0 heterocycles. The van der Waals surface area contributed by atoms with E-state index in [1.807, 2.05) is 24.3 Å². The van der Waals surface area contributed by atoms with Crippen molar-refractivity contribution in [1.29, 1.82) is 0 Å². The van der Waals surface area contributed by atoms with E-state index in [9.17, 15) is 10.2 Å². The molecule has 0 aliphatic heterocycles. The van der Waals surface area contributed by atoms with Crippen molar-refractivity contribution in [2.75, 3.05) is 0 Å². The summed E-state index contributed by atoms with van der Waals surface area (Å²) in [5.74, 6) is 1.17. The highest BCUT2D eigenvalue weighted by Gasteiger charge is 2.17. The zero-order chi connectivity index (χ0) is 14.6. The molecular formula is C18H20O2. The van der Waals surface area contributed by atoms with Crippen LogP contribution in [0.1, 0.15) is 50.7 Å². The first-order valence-electron chi connectivity index (χ1n) is 7.16. The van der Waals surface area contributed by atoms with Crippen molar-refractivity contribution in [2.24, 2.45) is 0 Å². The van der Waals surface area contributed by atoms with E-state index < -0.39 is 0 Å². The monoisotopic (exact) mass is 268 g/mol. The average Bonchev–Trinajstić information content (AvgIpc) is 2.34. The maximum Gasteiger partial charge on any atom is 0.127 e. The van der Waals surface area contributed by atoms with Gasteiger partial charge in [0.1, 0.15) is 11.5 Å². The quantitative estimate of drug-likeness (QED) is 0.730. The van der Waals surface area contributed by atoms with Crippen molar-refractivity contribution in [3.05, 3.63) is 56.3 Å². The van der Waals surface area contributed by atoms with Crippen molar-refractivity contribution in [3.63, 3.8) is 0 Å². The Morgan fingerprint density at radius 3 is 1.30 bits per heavy atom. The van der Waals surface area contributed by atoms with Crippen molar-refractivity contribution in [1.82, 2.24) is 0 Å². The summed E-state index contributed by atoms with van der Waals surface area (Å²) >= 11 is 0. The van der Waals surface area contributed by atoms with E-state index in [0.717, 1.165) is 32.0 Å². The molecule has 0 bridgehead atoms. The van der Waals surface area contributed by atoms with Gasteiger partial charge in [0, 0.05) is 10.4 Å². The molecule has 0 unspecified atom stereocenters. The van der Waals surface area contributed by atoms with Crippen molar-refractivity contribution >= 4 is 0 Å². The second-order valence-electron chi connectivity index (χ2n) is 6.16. The van der Waals surface area contributed by atoms with E-state index in [4.69, 9.17) is 0 Å². The summed E-state index contributed by atoms with van der Waals surface area (Å²) in [6, 6.07) is 8.05. The number of benzene rings is 2. The van der Waals surface area contributed by atoms with Gasteiger partial charge in [-0.2, -0.15) is 0 Å². The van der Waals surface area contributed by atoms with E-state index in [1.165, 1.54) is 0 Å². The Morgan fingerprint density at radius 2 is 1.00 bits per heavy atom. The van der Waals surface area contributed by atoms with Gasteiger partial charge < -0.3 is 10.2 Å². The van der Waals surface area contributed by atoms with Crippen LogP contribution in [0.15, 0.2) is 24.3 Å². The molecule has 0 saturated heterocycles. The molecule has 0 atom stereocenters. The lowest BCUT2D eigenvalue weighted by atomic mass is 9.90. The van der Waals surface area contributed by atoms with Gasteiger partial charge in [-0.3, -0.25) is 0 Å². The highest BCUT2D eigenvalue weighted by atomic mass is 16.3. The zero-order valence-electron chi connectivity index (χ0n) is 12.4. The lowest BCUT2D eigenvalue weighted by Gasteiger charge is -2.16. The minimum absolute atomic E-state index is 0.264. The van der Waals surface area contributed by atoms with Crippen molar-refractivity contribution in [2.45, 2.75) is 39.5 Å². The third kappa shape index (κ3) is 1.57. The number of phenols is 2. The average molecular weight is 268 g/mol. The van der Waals surface area contributed by atoms with E-state index in [0.29, 0.717) is 11.5 Å². The molecule has 2 heteroatoms. The minimum atomic E-state index is 0.264. The molecule has 20 heavy (non-hydrogen) atoms. The van der Waals surface area contributed by atoms with Crippen LogP contribution in [0.3, 0.4) is 0 Å². The van der Waals surface area contributed by atoms with Crippen molar-refractivity contribution in [3.8, 4) is 11.5 Å². The van der Waals surface area contributed by atoms with Gasteiger partial charge in [-0.15, -0.1) is 0 Å². The fourth-order valence-corrected chi connectivity index (χ4v) is 3.04. The number of hydrogen-bond acceptors (Lipinski definition) is 2. The molecule has 104 valence electrons. The molecule has 1 aliphatic carbocycles. The molecule has 0 aromatic heterocycles. The molecule has 0 spiro atoms. The Morgan fingerprint density at radius 1 is 0.650 bits per heavy atom. The Bertz CT molecular complexity index is 804. The van der Waals surface area contributed by atoms with Gasteiger partial charge in [0.2, 0.25) is 0 Å². The maximum absolute atomic E-state index is 10.5. The standard InChI is InChI=1S/C18H20O2/c1-9(2)11-5-7-13-14-8-6-12(10(3)4)18(20)16(14)15(13)17(11)19/h5-10,19-20H,1-4H3. The molecule has 2 nitrogen and oxygen atoms in total. The second-order valence-corrected chi connectivity index (χ2v) is 6.16. The summed E-state index contributed by atoms with van der Waals surface area (Å²) in [7, 11) is 0. The smallest absolute Gasteiger partial charge is 0.127 e. The molecule has 0 radical (unpaired) electrons. The third-order valence-electron chi connectivity index (χ3n) is 4.20. The Balaban J connectivity index is 2.46. The van der Waals surface area contributed by atoms with E-state index in [1.54, 1.807) is 0 Å². The molecule has 2 aromatic carbocycles.